The molecule has 0 amide bonds. The molecule has 0 unspecified atom stereocenters. The minimum Gasteiger partial charge on any atom is -0.392 e. The van der Waals surface area contributed by atoms with E-state index in [1.807, 2.05) is 12.1 Å². The van der Waals surface area contributed by atoms with Gasteiger partial charge in [-0.25, -0.2) is 0 Å². The van der Waals surface area contributed by atoms with Crippen molar-refractivity contribution in [3.8, 4) is 0 Å². The molecule has 4 bridgehead atoms. The molecule has 0 radical (unpaired) electrons. The molecule has 0 atom stereocenters. The molecule has 6 rings (SSSR count). The second kappa shape index (κ2) is 6.20. The Bertz CT molecular complexity index is 857. The van der Waals surface area contributed by atoms with E-state index >= 15 is 0 Å². The van der Waals surface area contributed by atoms with Gasteiger partial charge in [0.15, 0.2) is 5.78 Å². The summed E-state index contributed by atoms with van der Waals surface area (Å²) in [6.07, 6.45) is 9.33. The van der Waals surface area contributed by atoms with Crippen molar-refractivity contribution in [1.82, 2.24) is 5.32 Å². The van der Waals surface area contributed by atoms with Crippen molar-refractivity contribution < 1.29 is 9.90 Å². The van der Waals surface area contributed by atoms with Crippen LogP contribution in [-0.2, 0) is 16.8 Å². The van der Waals surface area contributed by atoms with Gasteiger partial charge in [-0.05, 0) is 81.3 Å². The molecule has 0 aromatic heterocycles. The van der Waals surface area contributed by atoms with Crippen LogP contribution in [0.1, 0.15) is 82.9 Å². The van der Waals surface area contributed by atoms with Crippen LogP contribution in [0.5, 0.6) is 0 Å². The van der Waals surface area contributed by atoms with Crippen molar-refractivity contribution in [1.29, 1.82) is 0 Å². The molecule has 156 valence electrons. The van der Waals surface area contributed by atoms with E-state index in [2.05, 4.69) is 45.1 Å². The SMILES string of the molecule is CC1(C)N/C(=C/C(=O)C23CC4CC(CC(C4)C2)C3)c2ccc(CO)cc2C1(C)C. The van der Waals surface area contributed by atoms with Gasteiger partial charge in [-0.2, -0.15) is 0 Å². The van der Waals surface area contributed by atoms with Gasteiger partial charge in [-0.1, -0.05) is 32.0 Å². The maximum atomic E-state index is 13.7. The maximum absolute atomic E-state index is 13.7. The van der Waals surface area contributed by atoms with Crippen LogP contribution in [-0.4, -0.2) is 16.4 Å². The zero-order valence-electron chi connectivity index (χ0n) is 18.3. The highest BCUT2D eigenvalue weighted by molar-refractivity contribution is 6.01. The molecule has 29 heavy (non-hydrogen) atoms. The lowest BCUT2D eigenvalue weighted by molar-refractivity contribution is -0.138. The first-order chi connectivity index (χ1) is 13.6. The van der Waals surface area contributed by atoms with E-state index < -0.39 is 0 Å². The van der Waals surface area contributed by atoms with Gasteiger partial charge < -0.3 is 10.4 Å². The number of aliphatic hydroxyl groups excluding tert-OH is 1. The molecule has 0 saturated heterocycles. The van der Waals surface area contributed by atoms with E-state index in [4.69, 9.17) is 0 Å². The lowest BCUT2D eigenvalue weighted by Gasteiger charge is -2.55. The molecular formula is C26H35NO2. The zero-order valence-corrected chi connectivity index (χ0v) is 18.3. The van der Waals surface area contributed by atoms with Crippen LogP contribution in [0.2, 0.25) is 0 Å². The highest BCUT2D eigenvalue weighted by Gasteiger charge is 2.54. The number of aliphatic hydroxyl groups is 1. The molecule has 0 spiro atoms. The van der Waals surface area contributed by atoms with Gasteiger partial charge in [-0.3, -0.25) is 4.79 Å². The lowest BCUT2D eigenvalue weighted by atomic mass is 9.48. The second-order valence-electron chi connectivity index (χ2n) is 11.5. The third-order valence-electron chi connectivity index (χ3n) is 9.08. The predicted octanol–water partition coefficient (Wildman–Crippen LogP) is 4.96. The molecule has 3 heteroatoms. The fourth-order valence-electron chi connectivity index (χ4n) is 7.15. The minimum atomic E-state index is -0.193. The molecule has 1 aliphatic heterocycles. The topological polar surface area (TPSA) is 49.3 Å². The highest BCUT2D eigenvalue weighted by atomic mass is 16.3. The Hall–Kier alpha value is -1.61. The number of carbonyl (C=O) groups is 1. The summed E-state index contributed by atoms with van der Waals surface area (Å²) in [7, 11) is 0. The summed E-state index contributed by atoms with van der Waals surface area (Å²) < 4.78 is 0. The molecule has 4 saturated carbocycles. The predicted molar refractivity (Wildman–Crippen MR) is 116 cm³/mol. The molecular weight excluding hydrogens is 358 g/mol. The van der Waals surface area contributed by atoms with Crippen molar-refractivity contribution >= 4 is 11.5 Å². The lowest BCUT2D eigenvalue weighted by Crippen LogP contribution is -2.56. The van der Waals surface area contributed by atoms with E-state index in [1.54, 1.807) is 0 Å². The Labute approximate surface area is 175 Å². The van der Waals surface area contributed by atoms with E-state index in [0.717, 1.165) is 53.8 Å². The van der Waals surface area contributed by atoms with Gasteiger partial charge >= 0.3 is 0 Å². The van der Waals surface area contributed by atoms with E-state index in [0.29, 0.717) is 5.78 Å². The van der Waals surface area contributed by atoms with E-state index in [9.17, 15) is 9.90 Å². The van der Waals surface area contributed by atoms with Gasteiger partial charge in [0.25, 0.3) is 0 Å². The van der Waals surface area contributed by atoms with Crippen LogP contribution >= 0.6 is 0 Å². The Morgan fingerprint density at radius 3 is 2.21 bits per heavy atom. The fraction of sp³-hybridized carbons (Fsp3) is 0.654. The third-order valence-corrected chi connectivity index (χ3v) is 9.08. The summed E-state index contributed by atoms with van der Waals surface area (Å²) in [4.78, 5) is 13.7. The molecule has 3 nitrogen and oxygen atoms in total. The minimum absolute atomic E-state index is 0.0441. The van der Waals surface area contributed by atoms with Crippen LogP contribution in [0, 0.1) is 23.2 Å². The number of nitrogens with one attached hydrogen (secondary N) is 1. The summed E-state index contributed by atoms with van der Waals surface area (Å²) >= 11 is 0. The van der Waals surface area contributed by atoms with Crippen LogP contribution < -0.4 is 5.32 Å². The highest BCUT2D eigenvalue weighted by Crippen LogP contribution is 2.60. The number of fused-ring (bicyclic) bond motifs is 1. The summed E-state index contributed by atoms with van der Waals surface area (Å²) in [6, 6.07) is 6.20. The average molecular weight is 394 g/mol. The number of hydrogen-bond acceptors (Lipinski definition) is 3. The molecule has 5 aliphatic rings. The molecule has 2 N–H and O–H groups in total. The molecule has 1 heterocycles. The third kappa shape index (κ3) is 2.84. The number of rotatable bonds is 3. The van der Waals surface area contributed by atoms with Crippen molar-refractivity contribution in [3.63, 3.8) is 0 Å². The molecule has 1 aromatic carbocycles. The second-order valence-corrected chi connectivity index (χ2v) is 11.5. The van der Waals surface area contributed by atoms with Crippen molar-refractivity contribution in [3.05, 3.63) is 41.0 Å². The standard InChI is InChI=1S/C26H35NO2/c1-24(2)21-10-16(15-28)5-6-20(21)22(27-25(24,3)4)11-23(29)26-12-17-7-18(13-26)9-19(8-17)14-26/h5-6,10-11,17-19,27-28H,7-9,12-15H2,1-4H3/b22-11+. The molecule has 1 aromatic rings. The summed E-state index contributed by atoms with van der Waals surface area (Å²) in [5.74, 6) is 2.68. The van der Waals surface area contributed by atoms with Crippen LogP contribution in [0.3, 0.4) is 0 Å². The maximum Gasteiger partial charge on any atom is 0.163 e. The van der Waals surface area contributed by atoms with Gasteiger partial charge in [0.05, 0.1) is 6.61 Å². The van der Waals surface area contributed by atoms with Gasteiger partial charge in [0.1, 0.15) is 0 Å². The van der Waals surface area contributed by atoms with Gasteiger partial charge in [0.2, 0.25) is 0 Å². The smallest absolute Gasteiger partial charge is 0.163 e. The molecule has 4 fully saturated rings. The molecule has 4 aliphatic carbocycles. The largest absolute Gasteiger partial charge is 0.392 e. The van der Waals surface area contributed by atoms with E-state index in [1.165, 1.54) is 24.8 Å². The first kappa shape index (κ1) is 19.4. The summed E-state index contributed by atoms with van der Waals surface area (Å²) in [6.45, 7) is 8.97. The fourth-order valence-corrected chi connectivity index (χ4v) is 7.15. The zero-order chi connectivity index (χ0) is 20.6. The van der Waals surface area contributed by atoms with Crippen LogP contribution in [0.25, 0.3) is 5.70 Å². The number of carbonyl (C=O) groups excluding carboxylic acids is 1. The van der Waals surface area contributed by atoms with Gasteiger partial charge in [-0.15, -0.1) is 0 Å². The van der Waals surface area contributed by atoms with Crippen molar-refractivity contribution in [2.24, 2.45) is 23.2 Å². The first-order valence-corrected chi connectivity index (χ1v) is 11.4. The number of benzene rings is 1. The van der Waals surface area contributed by atoms with Crippen LogP contribution in [0.4, 0.5) is 0 Å². The number of allylic oxidation sites excluding steroid dienone is 1. The quantitative estimate of drug-likeness (QED) is 0.713. The van der Waals surface area contributed by atoms with E-state index in [-0.39, 0.29) is 23.0 Å². The summed E-state index contributed by atoms with van der Waals surface area (Å²) in [5.41, 5.74) is 3.82. The number of ketones is 1. The monoisotopic (exact) mass is 393 g/mol. The van der Waals surface area contributed by atoms with Crippen LogP contribution in [0.15, 0.2) is 24.3 Å². The van der Waals surface area contributed by atoms with Gasteiger partial charge in [0, 0.05) is 33.7 Å². The number of hydrogen-bond donors (Lipinski definition) is 2. The first-order valence-electron chi connectivity index (χ1n) is 11.4. The normalized spacial score (nSPS) is 37.3. The Morgan fingerprint density at radius 1 is 1.07 bits per heavy atom. The Kier molecular flexibility index (Phi) is 4.14. The Morgan fingerprint density at radius 2 is 1.66 bits per heavy atom. The van der Waals surface area contributed by atoms with Crippen molar-refractivity contribution in [2.75, 3.05) is 0 Å². The Balaban J connectivity index is 1.56. The average Bonchev–Trinajstić information content (AvgIpc) is 2.64. The summed E-state index contributed by atoms with van der Waals surface area (Å²) in [5, 5.41) is 13.4. The van der Waals surface area contributed by atoms with Crippen molar-refractivity contribution in [2.45, 2.75) is 83.8 Å².